The topological polar surface area (TPSA) is 58.4 Å². The first-order valence-electron chi connectivity index (χ1n) is 8.85. The molecule has 1 amide bonds. The van der Waals surface area contributed by atoms with Crippen LogP contribution in [-0.4, -0.2) is 47.2 Å². The Bertz CT molecular complexity index is 674. The number of amides is 1. The highest BCUT2D eigenvalue weighted by atomic mass is 35.5. The highest BCUT2D eigenvalue weighted by molar-refractivity contribution is 7.99. The Morgan fingerprint density at radius 2 is 2.19 bits per heavy atom. The fraction of sp³-hybridized carbons (Fsp3) is 0.474. The van der Waals surface area contributed by atoms with Crippen molar-refractivity contribution in [2.45, 2.75) is 31.6 Å². The van der Waals surface area contributed by atoms with Crippen molar-refractivity contribution in [3.63, 3.8) is 0 Å². The first kappa shape index (κ1) is 20.8. The summed E-state index contributed by atoms with van der Waals surface area (Å²) < 4.78 is 5.55. The van der Waals surface area contributed by atoms with Gasteiger partial charge >= 0.3 is 0 Å². The molecule has 0 saturated carbocycles. The Morgan fingerprint density at radius 3 is 2.88 bits per heavy atom. The van der Waals surface area contributed by atoms with Gasteiger partial charge in [-0.05, 0) is 31.5 Å². The highest BCUT2D eigenvalue weighted by Crippen LogP contribution is 2.21. The average Bonchev–Trinajstić information content (AvgIpc) is 3.32. The minimum atomic E-state index is 0. The number of hydrogen-bond acceptors (Lipinski definition) is 5. The quantitative estimate of drug-likeness (QED) is 0.740. The third-order valence-corrected chi connectivity index (χ3v) is 5.26. The van der Waals surface area contributed by atoms with Crippen LogP contribution in [0.25, 0.3) is 11.5 Å². The minimum Gasteiger partial charge on any atom is -0.444 e. The SMILES string of the molecule is CCCN(C(=O)CSCc1coc(-c2ccccc2)n1)C1CCNC1.Cl. The van der Waals surface area contributed by atoms with Gasteiger partial charge in [0.05, 0.1) is 11.4 Å². The molecule has 7 heteroatoms. The van der Waals surface area contributed by atoms with Crippen LogP contribution in [0, 0.1) is 0 Å². The second-order valence-electron chi connectivity index (χ2n) is 6.24. The van der Waals surface area contributed by atoms with Gasteiger partial charge in [0.1, 0.15) is 6.26 Å². The Labute approximate surface area is 165 Å². The molecule has 0 aliphatic carbocycles. The van der Waals surface area contributed by atoms with E-state index in [0.717, 1.165) is 43.7 Å². The smallest absolute Gasteiger partial charge is 0.232 e. The summed E-state index contributed by atoms with van der Waals surface area (Å²) in [7, 11) is 0. The molecular weight excluding hydrogens is 370 g/mol. The number of nitrogens with zero attached hydrogens (tertiary/aromatic N) is 2. The summed E-state index contributed by atoms with van der Waals surface area (Å²) in [4.78, 5) is 19.1. The fourth-order valence-corrected chi connectivity index (χ4v) is 3.85. The van der Waals surface area contributed by atoms with Gasteiger partial charge in [-0.3, -0.25) is 4.79 Å². The lowest BCUT2D eigenvalue weighted by Gasteiger charge is -2.28. The maximum Gasteiger partial charge on any atom is 0.232 e. The van der Waals surface area contributed by atoms with E-state index < -0.39 is 0 Å². The molecular formula is C19H26ClN3O2S. The van der Waals surface area contributed by atoms with Crippen molar-refractivity contribution in [3.8, 4) is 11.5 Å². The van der Waals surface area contributed by atoms with Crippen molar-refractivity contribution in [2.75, 3.05) is 25.4 Å². The second kappa shape index (κ2) is 10.6. The molecule has 26 heavy (non-hydrogen) atoms. The molecule has 1 atom stereocenters. The number of thioether (sulfide) groups is 1. The van der Waals surface area contributed by atoms with Crippen LogP contribution in [0.5, 0.6) is 0 Å². The summed E-state index contributed by atoms with van der Waals surface area (Å²) in [6.07, 6.45) is 3.74. The van der Waals surface area contributed by atoms with E-state index in [1.807, 2.05) is 35.2 Å². The molecule has 3 rings (SSSR count). The van der Waals surface area contributed by atoms with Gasteiger partial charge in [-0.15, -0.1) is 24.2 Å². The Balaban J connectivity index is 0.00000243. The zero-order valence-electron chi connectivity index (χ0n) is 15.0. The monoisotopic (exact) mass is 395 g/mol. The molecule has 142 valence electrons. The molecule has 1 saturated heterocycles. The molecule has 1 aromatic heterocycles. The number of carbonyl (C=O) groups excluding carboxylic acids is 1. The van der Waals surface area contributed by atoms with Crippen LogP contribution in [0.1, 0.15) is 25.5 Å². The zero-order valence-corrected chi connectivity index (χ0v) is 16.7. The molecule has 0 bridgehead atoms. The zero-order chi connectivity index (χ0) is 17.5. The number of halogens is 1. The number of benzene rings is 1. The molecule has 2 heterocycles. The first-order valence-corrected chi connectivity index (χ1v) is 10.0. The normalized spacial score (nSPS) is 16.3. The average molecular weight is 396 g/mol. The van der Waals surface area contributed by atoms with Gasteiger partial charge < -0.3 is 14.6 Å². The lowest BCUT2D eigenvalue weighted by Crippen LogP contribution is -2.43. The number of rotatable bonds is 8. The van der Waals surface area contributed by atoms with Gasteiger partial charge in [-0.25, -0.2) is 4.98 Å². The molecule has 1 aromatic carbocycles. The lowest BCUT2D eigenvalue weighted by atomic mass is 10.2. The van der Waals surface area contributed by atoms with E-state index >= 15 is 0 Å². The van der Waals surface area contributed by atoms with E-state index in [-0.39, 0.29) is 18.3 Å². The molecule has 5 nitrogen and oxygen atoms in total. The van der Waals surface area contributed by atoms with Crippen LogP contribution >= 0.6 is 24.2 Å². The molecule has 0 radical (unpaired) electrons. The molecule has 1 fully saturated rings. The molecule has 2 aromatic rings. The third kappa shape index (κ3) is 5.50. The Morgan fingerprint density at radius 1 is 1.38 bits per heavy atom. The van der Waals surface area contributed by atoms with E-state index in [2.05, 4.69) is 17.2 Å². The van der Waals surface area contributed by atoms with Gasteiger partial charge in [0.2, 0.25) is 11.8 Å². The van der Waals surface area contributed by atoms with Crippen molar-refractivity contribution in [1.29, 1.82) is 0 Å². The molecule has 0 spiro atoms. The number of hydrogen-bond donors (Lipinski definition) is 1. The molecule has 1 unspecified atom stereocenters. The van der Waals surface area contributed by atoms with Gasteiger partial charge in [0, 0.05) is 30.4 Å². The predicted octanol–water partition coefficient (Wildman–Crippen LogP) is 3.60. The van der Waals surface area contributed by atoms with E-state index in [1.165, 1.54) is 0 Å². The van der Waals surface area contributed by atoms with E-state index in [1.54, 1.807) is 18.0 Å². The summed E-state index contributed by atoms with van der Waals surface area (Å²) in [6.45, 7) is 4.89. The van der Waals surface area contributed by atoms with Crippen molar-refractivity contribution in [2.24, 2.45) is 0 Å². The third-order valence-electron chi connectivity index (χ3n) is 4.31. The summed E-state index contributed by atoms with van der Waals surface area (Å²) in [5, 5.41) is 3.34. The second-order valence-corrected chi connectivity index (χ2v) is 7.22. The van der Waals surface area contributed by atoms with Crippen LogP contribution in [-0.2, 0) is 10.5 Å². The van der Waals surface area contributed by atoms with E-state index in [4.69, 9.17) is 4.42 Å². The summed E-state index contributed by atoms with van der Waals surface area (Å²) in [5.74, 6) is 2.04. The molecule has 1 aliphatic rings. The van der Waals surface area contributed by atoms with E-state index in [0.29, 0.717) is 23.4 Å². The first-order chi connectivity index (χ1) is 12.3. The van der Waals surface area contributed by atoms with Crippen molar-refractivity contribution < 1.29 is 9.21 Å². The Kier molecular flexibility index (Phi) is 8.48. The minimum absolute atomic E-state index is 0. The van der Waals surface area contributed by atoms with Gasteiger partial charge in [-0.2, -0.15) is 0 Å². The summed E-state index contributed by atoms with van der Waals surface area (Å²) in [5.41, 5.74) is 1.85. The summed E-state index contributed by atoms with van der Waals surface area (Å²) >= 11 is 1.60. The van der Waals surface area contributed by atoms with Gasteiger partial charge in [0.25, 0.3) is 0 Å². The standard InChI is InChI=1S/C19H25N3O2S.ClH/c1-2-10-22(17-8-9-20-11-17)18(23)14-25-13-16-12-24-19(21-16)15-6-4-3-5-7-15;/h3-7,12,17,20H,2,8-11,13-14H2,1H3;1H. The molecule has 1 N–H and O–H groups in total. The van der Waals surface area contributed by atoms with Crippen LogP contribution < -0.4 is 5.32 Å². The van der Waals surface area contributed by atoms with Crippen LogP contribution in [0.4, 0.5) is 0 Å². The largest absolute Gasteiger partial charge is 0.444 e. The lowest BCUT2D eigenvalue weighted by molar-refractivity contribution is -0.130. The van der Waals surface area contributed by atoms with Crippen LogP contribution in [0.2, 0.25) is 0 Å². The fourth-order valence-electron chi connectivity index (χ4n) is 3.07. The van der Waals surface area contributed by atoms with E-state index in [9.17, 15) is 4.79 Å². The summed E-state index contributed by atoms with van der Waals surface area (Å²) in [6, 6.07) is 10.2. The van der Waals surface area contributed by atoms with Crippen molar-refractivity contribution >= 4 is 30.1 Å². The Hall–Kier alpha value is -1.50. The molecule has 1 aliphatic heterocycles. The maximum atomic E-state index is 12.6. The van der Waals surface area contributed by atoms with Gasteiger partial charge in [0.15, 0.2) is 0 Å². The predicted molar refractivity (Wildman–Crippen MR) is 109 cm³/mol. The number of aromatic nitrogens is 1. The maximum absolute atomic E-state index is 12.6. The van der Waals surface area contributed by atoms with Crippen molar-refractivity contribution in [3.05, 3.63) is 42.3 Å². The van der Waals surface area contributed by atoms with Crippen LogP contribution in [0.15, 0.2) is 41.0 Å². The number of nitrogens with one attached hydrogen (secondary N) is 1. The van der Waals surface area contributed by atoms with Crippen molar-refractivity contribution in [1.82, 2.24) is 15.2 Å². The number of carbonyl (C=O) groups is 1. The number of oxazole rings is 1. The highest BCUT2D eigenvalue weighted by Gasteiger charge is 2.25. The van der Waals surface area contributed by atoms with Gasteiger partial charge in [-0.1, -0.05) is 25.1 Å². The van der Waals surface area contributed by atoms with Crippen LogP contribution in [0.3, 0.4) is 0 Å².